The van der Waals surface area contributed by atoms with Crippen LogP contribution in [0.15, 0.2) is 24.3 Å². The summed E-state index contributed by atoms with van der Waals surface area (Å²) in [6, 6.07) is 8.41. The van der Waals surface area contributed by atoms with E-state index in [0.717, 1.165) is 11.3 Å². The molecule has 0 spiro atoms. The highest BCUT2D eigenvalue weighted by Gasteiger charge is 2.15. The van der Waals surface area contributed by atoms with E-state index >= 15 is 0 Å². The maximum absolute atomic E-state index is 11.7. The van der Waals surface area contributed by atoms with Gasteiger partial charge in [-0.3, -0.25) is 4.79 Å². The molecule has 0 atom stereocenters. The first-order chi connectivity index (χ1) is 8.24. The van der Waals surface area contributed by atoms with Gasteiger partial charge in [0.05, 0.1) is 6.54 Å². The second kappa shape index (κ2) is 5.82. The molecule has 1 aliphatic rings. The molecule has 2 N–H and O–H groups in total. The number of aryl methyl sites for hydroxylation is 1. The Kier molecular flexibility index (Phi) is 4.15. The standard InChI is InChI=1S/C14H20N2O/c1-11-5-4-8-13(9-11)16-14(17)10-15-12-6-2-3-7-12/h4-5,8-9,12,15H,2-3,6-7,10H2,1H3,(H,16,17). The van der Waals surface area contributed by atoms with Crippen molar-refractivity contribution in [3.05, 3.63) is 29.8 Å². The molecule has 0 unspecified atom stereocenters. The van der Waals surface area contributed by atoms with Gasteiger partial charge in [0.25, 0.3) is 0 Å². The smallest absolute Gasteiger partial charge is 0.238 e. The topological polar surface area (TPSA) is 41.1 Å². The van der Waals surface area contributed by atoms with Crippen molar-refractivity contribution in [1.82, 2.24) is 5.32 Å². The summed E-state index contributed by atoms with van der Waals surface area (Å²) in [5.41, 5.74) is 2.04. The summed E-state index contributed by atoms with van der Waals surface area (Å²) in [7, 11) is 0. The summed E-state index contributed by atoms with van der Waals surface area (Å²) in [6.45, 7) is 2.44. The second-order valence-electron chi connectivity index (χ2n) is 4.78. The van der Waals surface area contributed by atoms with Crippen LogP contribution >= 0.6 is 0 Å². The number of rotatable bonds is 4. The van der Waals surface area contributed by atoms with Crippen LogP contribution in [0.2, 0.25) is 0 Å². The number of nitrogens with one attached hydrogen (secondary N) is 2. The molecule has 0 bridgehead atoms. The summed E-state index contributed by atoms with van der Waals surface area (Å²) in [4.78, 5) is 11.7. The molecule has 0 radical (unpaired) electrons. The van der Waals surface area contributed by atoms with E-state index in [4.69, 9.17) is 0 Å². The zero-order valence-corrected chi connectivity index (χ0v) is 10.3. The van der Waals surface area contributed by atoms with Crippen molar-refractivity contribution in [2.45, 2.75) is 38.6 Å². The van der Waals surface area contributed by atoms with Gasteiger partial charge in [0.15, 0.2) is 0 Å². The molecule has 92 valence electrons. The maximum atomic E-state index is 11.7. The Bertz CT molecular complexity index is 384. The van der Waals surface area contributed by atoms with Crippen LogP contribution in [0.1, 0.15) is 31.2 Å². The van der Waals surface area contributed by atoms with Crippen LogP contribution < -0.4 is 10.6 Å². The van der Waals surface area contributed by atoms with Gasteiger partial charge >= 0.3 is 0 Å². The number of amides is 1. The van der Waals surface area contributed by atoms with Gasteiger partial charge < -0.3 is 10.6 Å². The average Bonchev–Trinajstić information content (AvgIpc) is 2.79. The fourth-order valence-electron chi connectivity index (χ4n) is 2.29. The zero-order valence-electron chi connectivity index (χ0n) is 10.3. The first-order valence-electron chi connectivity index (χ1n) is 6.34. The van der Waals surface area contributed by atoms with Crippen molar-refractivity contribution >= 4 is 11.6 Å². The monoisotopic (exact) mass is 232 g/mol. The molecule has 1 amide bonds. The fraction of sp³-hybridized carbons (Fsp3) is 0.500. The largest absolute Gasteiger partial charge is 0.325 e. The minimum Gasteiger partial charge on any atom is -0.325 e. The van der Waals surface area contributed by atoms with Gasteiger partial charge in [0.1, 0.15) is 0 Å². The molecular formula is C14H20N2O. The third-order valence-corrected chi connectivity index (χ3v) is 3.21. The minimum atomic E-state index is 0.0440. The van der Waals surface area contributed by atoms with Crippen LogP contribution in [0.3, 0.4) is 0 Å². The second-order valence-corrected chi connectivity index (χ2v) is 4.78. The van der Waals surface area contributed by atoms with E-state index in [0.29, 0.717) is 12.6 Å². The molecule has 0 heterocycles. The van der Waals surface area contributed by atoms with Gasteiger partial charge in [-0.25, -0.2) is 0 Å². The Morgan fingerprint density at radius 3 is 2.82 bits per heavy atom. The lowest BCUT2D eigenvalue weighted by Crippen LogP contribution is -2.34. The number of carbonyl (C=O) groups excluding carboxylic acids is 1. The van der Waals surface area contributed by atoms with E-state index in [9.17, 15) is 4.79 Å². The Morgan fingerprint density at radius 1 is 1.35 bits per heavy atom. The van der Waals surface area contributed by atoms with Gasteiger partial charge in [0, 0.05) is 11.7 Å². The number of carbonyl (C=O) groups is 1. The SMILES string of the molecule is Cc1cccc(NC(=O)CNC2CCCC2)c1. The highest BCUT2D eigenvalue weighted by molar-refractivity contribution is 5.92. The van der Waals surface area contributed by atoms with Crippen molar-refractivity contribution in [3.8, 4) is 0 Å². The molecule has 3 heteroatoms. The van der Waals surface area contributed by atoms with Gasteiger partial charge in [-0.1, -0.05) is 25.0 Å². The Balaban J connectivity index is 1.76. The van der Waals surface area contributed by atoms with E-state index in [-0.39, 0.29) is 5.91 Å². The Hall–Kier alpha value is -1.35. The molecule has 3 nitrogen and oxygen atoms in total. The summed E-state index contributed by atoms with van der Waals surface area (Å²) >= 11 is 0. The fourth-order valence-corrected chi connectivity index (χ4v) is 2.29. The van der Waals surface area contributed by atoms with Crippen LogP contribution in [0.4, 0.5) is 5.69 Å². The lowest BCUT2D eigenvalue weighted by atomic mass is 10.2. The Labute approximate surface area is 103 Å². The van der Waals surface area contributed by atoms with Crippen LogP contribution in [0, 0.1) is 6.92 Å². The predicted molar refractivity (Wildman–Crippen MR) is 70.1 cm³/mol. The molecule has 1 aliphatic carbocycles. The van der Waals surface area contributed by atoms with Crippen molar-refractivity contribution in [3.63, 3.8) is 0 Å². The highest BCUT2D eigenvalue weighted by Crippen LogP contribution is 2.17. The molecule has 17 heavy (non-hydrogen) atoms. The molecule has 1 saturated carbocycles. The van der Waals surface area contributed by atoms with Crippen molar-refractivity contribution < 1.29 is 4.79 Å². The molecule has 0 aromatic heterocycles. The zero-order chi connectivity index (χ0) is 12.1. The normalized spacial score (nSPS) is 16.1. The maximum Gasteiger partial charge on any atom is 0.238 e. The summed E-state index contributed by atoms with van der Waals surface area (Å²) in [6.07, 6.45) is 4.99. The molecule has 1 fully saturated rings. The van der Waals surface area contributed by atoms with Crippen LogP contribution in [-0.4, -0.2) is 18.5 Å². The molecule has 0 saturated heterocycles. The molecule has 1 aromatic carbocycles. The van der Waals surface area contributed by atoms with Crippen molar-refractivity contribution in [1.29, 1.82) is 0 Å². The molecular weight excluding hydrogens is 212 g/mol. The third kappa shape index (κ3) is 3.86. The molecule has 1 aromatic rings. The Morgan fingerprint density at radius 2 is 2.12 bits per heavy atom. The van der Waals surface area contributed by atoms with E-state index < -0.39 is 0 Å². The van der Waals surface area contributed by atoms with E-state index in [1.54, 1.807) is 0 Å². The van der Waals surface area contributed by atoms with Crippen LogP contribution in [0.5, 0.6) is 0 Å². The number of hydrogen-bond donors (Lipinski definition) is 2. The highest BCUT2D eigenvalue weighted by atomic mass is 16.1. The number of anilines is 1. The summed E-state index contributed by atoms with van der Waals surface area (Å²) in [5, 5.41) is 6.21. The summed E-state index contributed by atoms with van der Waals surface area (Å²) in [5.74, 6) is 0.0440. The summed E-state index contributed by atoms with van der Waals surface area (Å²) < 4.78 is 0. The number of benzene rings is 1. The van der Waals surface area contributed by atoms with E-state index in [1.165, 1.54) is 25.7 Å². The first-order valence-corrected chi connectivity index (χ1v) is 6.34. The average molecular weight is 232 g/mol. The van der Waals surface area contributed by atoms with E-state index in [1.807, 2.05) is 31.2 Å². The van der Waals surface area contributed by atoms with Crippen LogP contribution in [0.25, 0.3) is 0 Å². The van der Waals surface area contributed by atoms with Crippen LogP contribution in [-0.2, 0) is 4.79 Å². The van der Waals surface area contributed by atoms with Crippen molar-refractivity contribution in [2.24, 2.45) is 0 Å². The van der Waals surface area contributed by atoms with Gasteiger partial charge in [0.2, 0.25) is 5.91 Å². The minimum absolute atomic E-state index is 0.0440. The van der Waals surface area contributed by atoms with Gasteiger partial charge in [-0.15, -0.1) is 0 Å². The quantitative estimate of drug-likeness (QED) is 0.837. The van der Waals surface area contributed by atoms with Gasteiger partial charge in [-0.05, 0) is 37.5 Å². The van der Waals surface area contributed by atoms with Gasteiger partial charge in [-0.2, -0.15) is 0 Å². The first kappa shape index (κ1) is 12.1. The molecule has 0 aliphatic heterocycles. The lowest BCUT2D eigenvalue weighted by molar-refractivity contribution is -0.115. The number of hydrogen-bond acceptors (Lipinski definition) is 2. The third-order valence-electron chi connectivity index (χ3n) is 3.21. The predicted octanol–water partition coefficient (Wildman–Crippen LogP) is 2.47. The van der Waals surface area contributed by atoms with Crippen molar-refractivity contribution in [2.75, 3.05) is 11.9 Å². The molecule has 2 rings (SSSR count). The van der Waals surface area contributed by atoms with E-state index in [2.05, 4.69) is 10.6 Å². The lowest BCUT2D eigenvalue weighted by Gasteiger charge is -2.11.